The Morgan fingerprint density at radius 2 is 2.14 bits per heavy atom. The third kappa shape index (κ3) is 3.49. The van der Waals surface area contributed by atoms with Gasteiger partial charge in [0, 0.05) is 37.0 Å². The molecule has 0 saturated carbocycles. The summed E-state index contributed by atoms with van der Waals surface area (Å²) in [4.78, 5) is 24.2. The first-order valence-corrected chi connectivity index (χ1v) is 7.05. The summed E-state index contributed by atoms with van der Waals surface area (Å²) in [5.74, 6) is 0.381. The molecule has 7 heteroatoms. The van der Waals surface area contributed by atoms with E-state index in [4.69, 9.17) is 5.73 Å². The zero-order chi connectivity index (χ0) is 15.4. The quantitative estimate of drug-likeness (QED) is 0.658. The second-order valence-corrected chi connectivity index (χ2v) is 5.35. The van der Waals surface area contributed by atoms with E-state index < -0.39 is 4.92 Å². The van der Waals surface area contributed by atoms with Crippen LogP contribution in [0.4, 0.5) is 16.2 Å². The van der Waals surface area contributed by atoms with Crippen molar-refractivity contribution in [1.82, 2.24) is 4.90 Å². The lowest BCUT2D eigenvalue weighted by Gasteiger charge is -2.39. The van der Waals surface area contributed by atoms with E-state index in [1.165, 1.54) is 24.3 Å². The molecule has 2 rings (SSSR count). The van der Waals surface area contributed by atoms with Crippen LogP contribution in [0.25, 0.3) is 0 Å². The van der Waals surface area contributed by atoms with Crippen molar-refractivity contribution in [2.75, 3.05) is 18.4 Å². The molecular weight excluding hydrogens is 272 g/mol. The number of nitro groups is 1. The first-order chi connectivity index (χ1) is 10.0. The fourth-order valence-corrected chi connectivity index (χ4v) is 2.72. The van der Waals surface area contributed by atoms with Gasteiger partial charge in [0.1, 0.15) is 0 Å². The lowest BCUT2D eigenvalue weighted by molar-refractivity contribution is -0.384. The summed E-state index contributed by atoms with van der Waals surface area (Å²) in [5.41, 5.74) is 6.31. The fraction of sp³-hybridized carbons (Fsp3) is 0.500. The van der Waals surface area contributed by atoms with Gasteiger partial charge in [0.2, 0.25) is 0 Å². The number of nitrogens with two attached hydrogens (primary N) is 1. The van der Waals surface area contributed by atoms with Crippen molar-refractivity contribution >= 4 is 17.4 Å². The molecule has 2 unspecified atom stereocenters. The van der Waals surface area contributed by atoms with Gasteiger partial charge in [-0.05, 0) is 30.9 Å². The van der Waals surface area contributed by atoms with Crippen molar-refractivity contribution in [1.29, 1.82) is 0 Å². The number of nitrogens with zero attached hydrogens (tertiary/aromatic N) is 2. The van der Waals surface area contributed by atoms with Gasteiger partial charge in [-0.3, -0.25) is 10.1 Å². The molecule has 1 aliphatic rings. The van der Waals surface area contributed by atoms with Gasteiger partial charge in [0.25, 0.3) is 5.69 Å². The van der Waals surface area contributed by atoms with Crippen molar-refractivity contribution in [3.8, 4) is 0 Å². The first kappa shape index (κ1) is 15.2. The lowest BCUT2D eigenvalue weighted by atomic mass is 9.91. The van der Waals surface area contributed by atoms with Gasteiger partial charge in [0.15, 0.2) is 0 Å². The van der Waals surface area contributed by atoms with Crippen LogP contribution < -0.4 is 11.1 Å². The maximum absolute atomic E-state index is 12.3. The Hall–Kier alpha value is -2.15. The Bertz CT molecular complexity index is 517. The molecule has 1 heterocycles. The molecule has 2 atom stereocenters. The highest BCUT2D eigenvalue weighted by atomic mass is 16.6. The van der Waals surface area contributed by atoms with Gasteiger partial charge in [0.05, 0.1) is 4.92 Å². The predicted molar refractivity (Wildman–Crippen MR) is 80.1 cm³/mol. The number of nitro benzene ring substituents is 1. The maximum atomic E-state index is 12.3. The molecule has 21 heavy (non-hydrogen) atoms. The highest BCUT2D eigenvalue weighted by Crippen LogP contribution is 2.24. The maximum Gasteiger partial charge on any atom is 0.322 e. The summed E-state index contributed by atoms with van der Waals surface area (Å²) in [6.45, 7) is 3.22. The summed E-state index contributed by atoms with van der Waals surface area (Å²) in [6.07, 6.45) is 2.04. The molecule has 1 fully saturated rings. The SMILES string of the molecule is CC1CCCN(C(=O)Nc2ccc([N+](=O)[O-])cc2)C1CN. The molecule has 1 aromatic rings. The molecule has 0 bridgehead atoms. The number of hydrogen-bond acceptors (Lipinski definition) is 4. The topological polar surface area (TPSA) is 102 Å². The van der Waals surface area contributed by atoms with E-state index in [1.807, 2.05) is 0 Å². The summed E-state index contributed by atoms with van der Waals surface area (Å²) < 4.78 is 0. The molecule has 7 nitrogen and oxygen atoms in total. The second-order valence-electron chi connectivity index (χ2n) is 5.35. The Morgan fingerprint density at radius 1 is 1.48 bits per heavy atom. The van der Waals surface area contributed by atoms with Crippen LogP contribution in [-0.4, -0.2) is 35.0 Å². The predicted octanol–water partition coefficient (Wildman–Crippen LogP) is 2.19. The third-order valence-corrected chi connectivity index (χ3v) is 3.95. The van der Waals surface area contributed by atoms with Crippen LogP contribution in [0.5, 0.6) is 0 Å². The fourth-order valence-electron chi connectivity index (χ4n) is 2.72. The van der Waals surface area contributed by atoms with E-state index in [0.29, 0.717) is 24.7 Å². The average molecular weight is 292 g/mol. The van der Waals surface area contributed by atoms with E-state index in [0.717, 1.165) is 12.8 Å². The molecule has 114 valence electrons. The molecule has 0 radical (unpaired) electrons. The van der Waals surface area contributed by atoms with Crippen LogP contribution in [-0.2, 0) is 0 Å². The normalized spacial score (nSPS) is 21.9. The molecule has 1 aromatic carbocycles. The second kappa shape index (κ2) is 6.53. The molecule has 0 aromatic heterocycles. The summed E-state index contributed by atoms with van der Waals surface area (Å²) in [6, 6.07) is 5.63. The Balaban J connectivity index is 2.04. The van der Waals surface area contributed by atoms with Crippen molar-refractivity contribution < 1.29 is 9.72 Å². The number of amides is 2. The van der Waals surface area contributed by atoms with Crippen LogP contribution in [0, 0.1) is 16.0 Å². The number of non-ortho nitro benzene ring substituents is 1. The van der Waals surface area contributed by atoms with E-state index in [2.05, 4.69) is 12.2 Å². The Kier molecular flexibility index (Phi) is 4.74. The van der Waals surface area contributed by atoms with E-state index in [1.54, 1.807) is 4.90 Å². The van der Waals surface area contributed by atoms with Gasteiger partial charge in [-0.15, -0.1) is 0 Å². The zero-order valence-corrected chi connectivity index (χ0v) is 12.0. The Labute approximate surface area is 123 Å². The van der Waals surface area contributed by atoms with Gasteiger partial charge in [-0.2, -0.15) is 0 Å². The van der Waals surface area contributed by atoms with Crippen LogP contribution in [0.1, 0.15) is 19.8 Å². The number of benzene rings is 1. The summed E-state index contributed by atoms with van der Waals surface area (Å²) in [7, 11) is 0. The molecule has 2 amide bonds. The molecule has 0 aliphatic carbocycles. The van der Waals surface area contributed by atoms with E-state index >= 15 is 0 Å². The minimum absolute atomic E-state index is 0.000529. The highest BCUT2D eigenvalue weighted by molar-refractivity contribution is 5.89. The van der Waals surface area contributed by atoms with Crippen LogP contribution >= 0.6 is 0 Å². The average Bonchev–Trinajstić information content (AvgIpc) is 2.47. The molecule has 1 saturated heterocycles. The minimum atomic E-state index is -0.470. The lowest BCUT2D eigenvalue weighted by Crippen LogP contribution is -2.52. The van der Waals surface area contributed by atoms with Crippen molar-refractivity contribution in [2.24, 2.45) is 11.7 Å². The van der Waals surface area contributed by atoms with Crippen molar-refractivity contribution in [3.05, 3.63) is 34.4 Å². The largest absolute Gasteiger partial charge is 0.328 e. The molecule has 1 aliphatic heterocycles. The Morgan fingerprint density at radius 3 is 2.71 bits per heavy atom. The van der Waals surface area contributed by atoms with Crippen molar-refractivity contribution in [2.45, 2.75) is 25.8 Å². The molecular formula is C14H20N4O3. The summed E-state index contributed by atoms with van der Waals surface area (Å²) in [5, 5.41) is 13.4. The number of nitrogens with one attached hydrogen (secondary N) is 1. The van der Waals surface area contributed by atoms with Crippen molar-refractivity contribution in [3.63, 3.8) is 0 Å². The number of rotatable bonds is 3. The van der Waals surface area contributed by atoms with E-state index in [-0.39, 0.29) is 17.8 Å². The number of likely N-dealkylation sites (tertiary alicyclic amines) is 1. The smallest absolute Gasteiger partial charge is 0.322 e. The minimum Gasteiger partial charge on any atom is -0.328 e. The standard InChI is InChI=1S/C14H20N4O3/c1-10-3-2-8-17(13(10)9-15)14(19)16-11-4-6-12(7-5-11)18(20)21/h4-7,10,13H,2-3,8-9,15H2,1H3,(H,16,19). The molecule has 3 N–H and O–H groups in total. The molecule has 0 spiro atoms. The number of piperidine rings is 1. The monoisotopic (exact) mass is 292 g/mol. The first-order valence-electron chi connectivity index (χ1n) is 7.05. The van der Waals surface area contributed by atoms with E-state index in [9.17, 15) is 14.9 Å². The number of urea groups is 1. The van der Waals surface area contributed by atoms with Crippen LogP contribution in [0.2, 0.25) is 0 Å². The number of anilines is 1. The third-order valence-electron chi connectivity index (χ3n) is 3.95. The van der Waals surface area contributed by atoms with Gasteiger partial charge in [-0.1, -0.05) is 6.92 Å². The summed E-state index contributed by atoms with van der Waals surface area (Å²) >= 11 is 0. The van der Waals surface area contributed by atoms with Crippen LogP contribution in [0.15, 0.2) is 24.3 Å². The highest BCUT2D eigenvalue weighted by Gasteiger charge is 2.30. The van der Waals surface area contributed by atoms with Gasteiger partial charge in [-0.25, -0.2) is 4.79 Å². The number of carbonyl (C=O) groups excluding carboxylic acids is 1. The number of carbonyl (C=O) groups is 1. The van der Waals surface area contributed by atoms with Gasteiger partial charge >= 0.3 is 6.03 Å². The van der Waals surface area contributed by atoms with Crippen LogP contribution in [0.3, 0.4) is 0 Å². The zero-order valence-electron chi connectivity index (χ0n) is 12.0. The van der Waals surface area contributed by atoms with Gasteiger partial charge < -0.3 is 16.0 Å². The number of hydrogen-bond donors (Lipinski definition) is 2.